The molecule has 0 aliphatic rings. The molecule has 5 nitrogen and oxygen atoms in total. The number of carbonyl (C=O) groups is 1. The standard InChI is InChI=1S/C9H19NO4S/c1-3-5-10(8-9(11)12)6-7-15(13,14)4-2/h3-8H2,1-2H3,(H,11,12). The van der Waals surface area contributed by atoms with Crippen LogP contribution in [-0.2, 0) is 14.6 Å². The third-order valence-corrected chi connectivity index (χ3v) is 3.74. The summed E-state index contributed by atoms with van der Waals surface area (Å²) >= 11 is 0. The van der Waals surface area contributed by atoms with Crippen LogP contribution in [0.25, 0.3) is 0 Å². The summed E-state index contributed by atoms with van der Waals surface area (Å²) in [5.41, 5.74) is 0. The van der Waals surface area contributed by atoms with Gasteiger partial charge in [0.05, 0.1) is 12.3 Å². The first-order chi connectivity index (χ1) is 6.91. The molecule has 0 heterocycles. The highest BCUT2D eigenvalue weighted by Crippen LogP contribution is 1.96. The summed E-state index contributed by atoms with van der Waals surface area (Å²) in [5.74, 6) is -0.770. The Kier molecular flexibility index (Phi) is 6.51. The summed E-state index contributed by atoms with van der Waals surface area (Å²) < 4.78 is 22.4. The summed E-state index contributed by atoms with van der Waals surface area (Å²) in [7, 11) is -3.00. The maximum absolute atomic E-state index is 11.2. The van der Waals surface area contributed by atoms with E-state index < -0.39 is 15.8 Å². The topological polar surface area (TPSA) is 74.7 Å². The molecule has 0 aromatic heterocycles. The quantitative estimate of drug-likeness (QED) is 0.653. The van der Waals surface area contributed by atoms with Gasteiger partial charge in [0.1, 0.15) is 0 Å². The number of carboxylic acids is 1. The Balaban J connectivity index is 4.12. The first kappa shape index (κ1) is 14.4. The van der Waals surface area contributed by atoms with Crippen LogP contribution in [0.5, 0.6) is 0 Å². The highest BCUT2D eigenvalue weighted by Gasteiger charge is 2.13. The van der Waals surface area contributed by atoms with Gasteiger partial charge < -0.3 is 5.11 Å². The molecule has 1 N–H and O–H groups in total. The average molecular weight is 237 g/mol. The van der Waals surface area contributed by atoms with Crippen molar-refractivity contribution in [1.29, 1.82) is 0 Å². The van der Waals surface area contributed by atoms with Crippen LogP contribution in [0.15, 0.2) is 0 Å². The van der Waals surface area contributed by atoms with E-state index in [4.69, 9.17) is 5.11 Å². The molecule has 0 saturated carbocycles. The monoisotopic (exact) mass is 237 g/mol. The molecule has 0 bridgehead atoms. The van der Waals surface area contributed by atoms with Gasteiger partial charge >= 0.3 is 5.97 Å². The third kappa shape index (κ3) is 7.33. The molecule has 90 valence electrons. The first-order valence-electron chi connectivity index (χ1n) is 5.05. The van der Waals surface area contributed by atoms with E-state index in [0.717, 1.165) is 6.42 Å². The Labute approximate surface area is 91.0 Å². The molecule has 0 aromatic carbocycles. The molecule has 0 aliphatic heterocycles. The normalized spacial score (nSPS) is 11.9. The molecule has 0 aliphatic carbocycles. The zero-order chi connectivity index (χ0) is 11.9. The minimum atomic E-state index is -3.00. The van der Waals surface area contributed by atoms with Crippen molar-refractivity contribution in [2.24, 2.45) is 0 Å². The molecule has 0 amide bonds. The number of hydrogen-bond acceptors (Lipinski definition) is 4. The lowest BCUT2D eigenvalue weighted by atomic mass is 10.4. The number of sulfone groups is 1. The second-order valence-corrected chi connectivity index (χ2v) is 5.88. The predicted octanol–water partition coefficient (Wildman–Crippen LogP) is 0.218. The van der Waals surface area contributed by atoms with Crippen molar-refractivity contribution < 1.29 is 18.3 Å². The van der Waals surface area contributed by atoms with Crippen molar-refractivity contribution in [3.8, 4) is 0 Å². The molecule has 0 atom stereocenters. The second-order valence-electron chi connectivity index (χ2n) is 3.41. The van der Waals surface area contributed by atoms with Crippen LogP contribution < -0.4 is 0 Å². The molecule has 0 spiro atoms. The van der Waals surface area contributed by atoms with Crippen LogP contribution >= 0.6 is 0 Å². The van der Waals surface area contributed by atoms with Gasteiger partial charge in [-0.3, -0.25) is 9.69 Å². The number of aliphatic carboxylic acids is 1. The minimum absolute atomic E-state index is 0.0385. The zero-order valence-electron chi connectivity index (χ0n) is 9.27. The Hall–Kier alpha value is -0.620. The summed E-state index contributed by atoms with van der Waals surface area (Å²) in [4.78, 5) is 12.1. The van der Waals surface area contributed by atoms with Gasteiger partial charge in [0.15, 0.2) is 9.84 Å². The highest BCUT2D eigenvalue weighted by atomic mass is 32.2. The summed E-state index contributed by atoms with van der Waals surface area (Å²) in [6, 6.07) is 0. The van der Waals surface area contributed by atoms with Gasteiger partial charge in [0.25, 0.3) is 0 Å². The van der Waals surface area contributed by atoms with Gasteiger partial charge in [0, 0.05) is 12.3 Å². The number of carboxylic acid groups (broad SMARTS) is 1. The number of nitrogens with zero attached hydrogens (tertiary/aromatic N) is 1. The van der Waals surface area contributed by atoms with E-state index in [2.05, 4.69) is 0 Å². The lowest BCUT2D eigenvalue weighted by molar-refractivity contribution is -0.138. The van der Waals surface area contributed by atoms with Crippen molar-refractivity contribution in [2.75, 3.05) is 31.1 Å². The Morgan fingerprint density at radius 1 is 1.27 bits per heavy atom. The van der Waals surface area contributed by atoms with Crippen LogP contribution in [0.1, 0.15) is 20.3 Å². The lowest BCUT2D eigenvalue weighted by Gasteiger charge is -2.18. The number of hydrogen-bond donors (Lipinski definition) is 1. The molecule has 0 aromatic rings. The predicted molar refractivity (Wildman–Crippen MR) is 58.7 cm³/mol. The van der Waals surface area contributed by atoms with E-state index in [1.165, 1.54) is 0 Å². The van der Waals surface area contributed by atoms with E-state index >= 15 is 0 Å². The molecule has 0 radical (unpaired) electrons. The summed E-state index contributed by atoms with van der Waals surface area (Å²) in [6.45, 7) is 4.36. The average Bonchev–Trinajstić information content (AvgIpc) is 2.14. The molecule has 0 saturated heterocycles. The molecule has 15 heavy (non-hydrogen) atoms. The summed E-state index contributed by atoms with van der Waals surface area (Å²) in [6.07, 6.45) is 0.819. The third-order valence-electron chi connectivity index (χ3n) is 2.06. The maximum atomic E-state index is 11.2. The van der Waals surface area contributed by atoms with E-state index in [0.29, 0.717) is 13.1 Å². The molecule has 6 heteroatoms. The molecular weight excluding hydrogens is 218 g/mol. The lowest BCUT2D eigenvalue weighted by Crippen LogP contribution is -2.34. The van der Waals surface area contributed by atoms with Gasteiger partial charge in [-0.2, -0.15) is 0 Å². The number of rotatable bonds is 8. The Morgan fingerprint density at radius 3 is 2.27 bits per heavy atom. The first-order valence-corrected chi connectivity index (χ1v) is 6.88. The van der Waals surface area contributed by atoms with Crippen molar-refractivity contribution in [3.05, 3.63) is 0 Å². The highest BCUT2D eigenvalue weighted by molar-refractivity contribution is 7.91. The fourth-order valence-corrected chi connectivity index (χ4v) is 2.01. The van der Waals surface area contributed by atoms with Crippen LogP contribution in [0.3, 0.4) is 0 Å². The van der Waals surface area contributed by atoms with Crippen LogP contribution in [0.2, 0.25) is 0 Å². The Bertz CT molecular complexity index is 286. The van der Waals surface area contributed by atoms with Crippen LogP contribution in [0, 0.1) is 0 Å². The summed E-state index contributed by atoms with van der Waals surface area (Å²) in [5, 5.41) is 8.61. The molecule has 0 unspecified atom stereocenters. The van der Waals surface area contributed by atoms with Crippen molar-refractivity contribution in [1.82, 2.24) is 4.90 Å². The smallest absolute Gasteiger partial charge is 0.317 e. The van der Waals surface area contributed by atoms with Gasteiger partial charge in [-0.25, -0.2) is 8.42 Å². The molecular formula is C9H19NO4S. The SMILES string of the molecule is CCCN(CCS(=O)(=O)CC)CC(=O)O. The second kappa shape index (κ2) is 6.79. The zero-order valence-corrected chi connectivity index (χ0v) is 10.1. The van der Waals surface area contributed by atoms with Crippen LogP contribution in [-0.4, -0.2) is 55.5 Å². The van der Waals surface area contributed by atoms with Gasteiger partial charge in [-0.1, -0.05) is 13.8 Å². The van der Waals surface area contributed by atoms with Crippen LogP contribution in [0.4, 0.5) is 0 Å². The molecule has 0 fully saturated rings. The fraction of sp³-hybridized carbons (Fsp3) is 0.889. The van der Waals surface area contributed by atoms with E-state index in [1.54, 1.807) is 11.8 Å². The van der Waals surface area contributed by atoms with Crippen molar-refractivity contribution in [3.63, 3.8) is 0 Å². The van der Waals surface area contributed by atoms with Gasteiger partial charge in [0.2, 0.25) is 0 Å². The van der Waals surface area contributed by atoms with E-state index in [1.807, 2.05) is 6.92 Å². The van der Waals surface area contributed by atoms with Gasteiger partial charge in [-0.05, 0) is 13.0 Å². The maximum Gasteiger partial charge on any atom is 0.317 e. The largest absolute Gasteiger partial charge is 0.480 e. The molecule has 0 rings (SSSR count). The van der Waals surface area contributed by atoms with E-state index in [9.17, 15) is 13.2 Å². The van der Waals surface area contributed by atoms with Crippen molar-refractivity contribution >= 4 is 15.8 Å². The van der Waals surface area contributed by atoms with Gasteiger partial charge in [-0.15, -0.1) is 0 Å². The van der Waals surface area contributed by atoms with E-state index in [-0.39, 0.29) is 18.1 Å². The fourth-order valence-electron chi connectivity index (χ4n) is 1.19. The van der Waals surface area contributed by atoms with Crippen molar-refractivity contribution in [2.45, 2.75) is 20.3 Å². The minimum Gasteiger partial charge on any atom is -0.480 e. The Morgan fingerprint density at radius 2 is 1.87 bits per heavy atom.